The van der Waals surface area contributed by atoms with Gasteiger partial charge in [-0.1, -0.05) is 54.6 Å². The lowest BCUT2D eigenvalue weighted by Crippen LogP contribution is -2.16. The van der Waals surface area contributed by atoms with Crippen molar-refractivity contribution in [2.45, 2.75) is 19.1 Å². The Morgan fingerprint density at radius 1 is 0.947 bits per heavy atom. The van der Waals surface area contributed by atoms with Crippen molar-refractivity contribution in [1.29, 1.82) is 0 Å². The van der Waals surface area contributed by atoms with E-state index in [1.54, 1.807) is 0 Å². The zero-order valence-corrected chi connectivity index (χ0v) is 11.0. The van der Waals surface area contributed by atoms with Gasteiger partial charge < -0.3 is 10.1 Å². The van der Waals surface area contributed by atoms with Crippen molar-refractivity contribution in [1.82, 2.24) is 5.32 Å². The van der Waals surface area contributed by atoms with Crippen LogP contribution in [0, 0.1) is 0 Å². The number of hydrogen-bond acceptors (Lipinski definition) is 2. The lowest BCUT2D eigenvalue weighted by Gasteiger charge is -2.10. The van der Waals surface area contributed by atoms with E-state index in [9.17, 15) is 0 Å². The van der Waals surface area contributed by atoms with Crippen molar-refractivity contribution in [3.63, 3.8) is 0 Å². The molecule has 0 radical (unpaired) electrons. The monoisotopic (exact) mass is 253 g/mol. The summed E-state index contributed by atoms with van der Waals surface area (Å²) in [6.07, 6.45) is 1.51. The molecule has 1 aliphatic heterocycles. The van der Waals surface area contributed by atoms with Crippen LogP contribution in [0.25, 0.3) is 11.1 Å². The minimum atomic E-state index is 0.383. The summed E-state index contributed by atoms with van der Waals surface area (Å²) in [6, 6.07) is 19.1. The summed E-state index contributed by atoms with van der Waals surface area (Å²) in [5.41, 5.74) is 3.76. The molecule has 1 fully saturated rings. The van der Waals surface area contributed by atoms with Crippen molar-refractivity contribution < 1.29 is 4.74 Å². The third-order valence-corrected chi connectivity index (χ3v) is 3.56. The smallest absolute Gasteiger partial charge is 0.0721 e. The largest absolute Gasteiger partial charge is 0.372 e. The summed E-state index contributed by atoms with van der Waals surface area (Å²) in [4.78, 5) is 0. The number of ether oxygens (including phenoxy) is 1. The number of benzene rings is 2. The second kappa shape index (κ2) is 6.00. The molecule has 0 aliphatic carbocycles. The molecule has 2 heteroatoms. The van der Waals surface area contributed by atoms with Gasteiger partial charge in [-0.3, -0.25) is 0 Å². The summed E-state index contributed by atoms with van der Waals surface area (Å²) < 4.78 is 5.87. The van der Waals surface area contributed by atoms with E-state index in [0.717, 1.165) is 19.5 Å². The molecule has 2 nitrogen and oxygen atoms in total. The molecule has 0 amide bonds. The quantitative estimate of drug-likeness (QED) is 0.903. The molecule has 19 heavy (non-hydrogen) atoms. The van der Waals surface area contributed by atoms with Gasteiger partial charge >= 0.3 is 0 Å². The number of rotatable bonds is 4. The van der Waals surface area contributed by atoms with Crippen LogP contribution in [0.15, 0.2) is 54.6 Å². The van der Waals surface area contributed by atoms with Crippen molar-refractivity contribution in [2.75, 3.05) is 13.1 Å². The molecule has 0 spiro atoms. The Hall–Kier alpha value is -1.64. The molecule has 1 aliphatic rings. The molecule has 0 aromatic heterocycles. The second-order valence-corrected chi connectivity index (χ2v) is 4.99. The van der Waals surface area contributed by atoms with E-state index in [1.165, 1.54) is 16.7 Å². The summed E-state index contributed by atoms with van der Waals surface area (Å²) >= 11 is 0. The maximum Gasteiger partial charge on any atom is 0.0721 e. The van der Waals surface area contributed by atoms with E-state index < -0.39 is 0 Å². The molecule has 1 atom stereocenters. The van der Waals surface area contributed by atoms with Crippen LogP contribution in [0.5, 0.6) is 0 Å². The van der Waals surface area contributed by atoms with E-state index in [2.05, 4.69) is 53.8 Å². The highest BCUT2D eigenvalue weighted by Gasteiger charge is 2.14. The van der Waals surface area contributed by atoms with Gasteiger partial charge in [-0.25, -0.2) is 0 Å². The van der Waals surface area contributed by atoms with Gasteiger partial charge in [0.1, 0.15) is 0 Å². The summed E-state index contributed by atoms with van der Waals surface area (Å²) in [7, 11) is 0. The molecule has 1 saturated heterocycles. The van der Waals surface area contributed by atoms with Crippen molar-refractivity contribution >= 4 is 0 Å². The fourth-order valence-electron chi connectivity index (χ4n) is 2.41. The Balaban J connectivity index is 1.62. The predicted molar refractivity (Wildman–Crippen MR) is 77.9 cm³/mol. The Morgan fingerprint density at radius 2 is 1.68 bits per heavy atom. The van der Waals surface area contributed by atoms with Gasteiger partial charge in [-0.15, -0.1) is 0 Å². The molecule has 1 N–H and O–H groups in total. The SMILES string of the molecule is c1ccc(-c2ccc(CO[C@@H]3CCNC3)cc2)cc1. The molecule has 0 unspecified atom stereocenters. The van der Waals surface area contributed by atoms with Crippen molar-refractivity contribution in [3.8, 4) is 11.1 Å². The van der Waals surface area contributed by atoms with E-state index >= 15 is 0 Å². The van der Waals surface area contributed by atoms with E-state index in [0.29, 0.717) is 12.7 Å². The van der Waals surface area contributed by atoms with Crippen LogP contribution in [-0.2, 0) is 11.3 Å². The molecule has 0 saturated carbocycles. The Labute approximate surface area is 114 Å². The first-order valence-electron chi connectivity index (χ1n) is 6.88. The highest BCUT2D eigenvalue weighted by atomic mass is 16.5. The molecule has 1 heterocycles. The number of nitrogens with one attached hydrogen (secondary N) is 1. The standard InChI is InChI=1S/C17H19NO/c1-2-4-15(5-3-1)16-8-6-14(7-9-16)13-19-17-10-11-18-12-17/h1-9,17-18H,10-13H2/t17-/m1/s1. The van der Waals surface area contributed by atoms with Crippen molar-refractivity contribution in [2.24, 2.45) is 0 Å². The Bertz CT molecular complexity index is 501. The Kier molecular flexibility index (Phi) is 3.92. The molecule has 2 aromatic carbocycles. The molecule has 98 valence electrons. The molecular weight excluding hydrogens is 234 g/mol. The van der Waals surface area contributed by atoms with Gasteiger partial charge in [-0.2, -0.15) is 0 Å². The number of hydrogen-bond donors (Lipinski definition) is 1. The van der Waals surface area contributed by atoms with E-state index in [-0.39, 0.29) is 0 Å². The van der Waals surface area contributed by atoms with Crippen LogP contribution < -0.4 is 5.32 Å². The fraction of sp³-hybridized carbons (Fsp3) is 0.294. The third-order valence-electron chi connectivity index (χ3n) is 3.56. The van der Waals surface area contributed by atoms with E-state index in [1.807, 2.05) is 6.07 Å². The van der Waals surface area contributed by atoms with Gasteiger partial charge in [0.15, 0.2) is 0 Å². The fourth-order valence-corrected chi connectivity index (χ4v) is 2.41. The van der Waals surface area contributed by atoms with Gasteiger partial charge in [-0.05, 0) is 29.7 Å². The molecule has 0 bridgehead atoms. The van der Waals surface area contributed by atoms with Crippen LogP contribution in [0.3, 0.4) is 0 Å². The summed E-state index contributed by atoms with van der Waals surface area (Å²) in [6.45, 7) is 2.78. The molecule has 2 aromatic rings. The van der Waals surface area contributed by atoms with Crippen LogP contribution >= 0.6 is 0 Å². The van der Waals surface area contributed by atoms with Gasteiger partial charge in [0.25, 0.3) is 0 Å². The van der Waals surface area contributed by atoms with Gasteiger partial charge in [0, 0.05) is 6.54 Å². The Morgan fingerprint density at radius 3 is 2.37 bits per heavy atom. The van der Waals surface area contributed by atoms with Crippen LogP contribution in [-0.4, -0.2) is 19.2 Å². The van der Waals surface area contributed by atoms with E-state index in [4.69, 9.17) is 4.74 Å². The van der Waals surface area contributed by atoms with Crippen LogP contribution in [0.2, 0.25) is 0 Å². The van der Waals surface area contributed by atoms with Crippen LogP contribution in [0.4, 0.5) is 0 Å². The first-order chi connectivity index (χ1) is 9.42. The summed E-state index contributed by atoms with van der Waals surface area (Å²) in [5, 5.41) is 3.31. The van der Waals surface area contributed by atoms with Crippen LogP contribution in [0.1, 0.15) is 12.0 Å². The lowest BCUT2D eigenvalue weighted by atomic mass is 10.0. The maximum absolute atomic E-state index is 5.87. The maximum atomic E-state index is 5.87. The molecule has 3 rings (SSSR count). The average Bonchev–Trinajstić information content (AvgIpc) is 3.00. The minimum absolute atomic E-state index is 0.383. The zero-order chi connectivity index (χ0) is 12.9. The summed E-state index contributed by atoms with van der Waals surface area (Å²) in [5.74, 6) is 0. The van der Waals surface area contributed by atoms with Gasteiger partial charge in [0.05, 0.1) is 12.7 Å². The first-order valence-corrected chi connectivity index (χ1v) is 6.88. The average molecular weight is 253 g/mol. The highest BCUT2D eigenvalue weighted by molar-refractivity contribution is 5.63. The predicted octanol–water partition coefficient (Wildman–Crippen LogP) is 3.23. The second-order valence-electron chi connectivity index (χ2n) is 4.99. The zero-order valence-electron chi connectivity index (χ0n) is 11.0. The lowest BCUT2D eigenvalue weighted by molar-refractivity contribution is 0.0542. The topological polar surface area (TPSA) is 21.3 Å². The third kappa shape index (κ3) is 3.22. The van der Waals surface area contributed by atoms with Crippen molar-refractivity contribution in [3.05, 3.63) is 60.2 Å². The minimum Gasteiger partial charge on any atom is -0.372 e. The highest BCUT2D eigenvalue weighted by Crippen LogP contribution is 2.19. The van der Waals surface area contributed by atoms with Gasteiger partial charge in [0.2, 0.25) is 0 Å². The normalized spacial score (nSPS) is 18.6. The molecular formula is C17H19NO. The first kappa shape index (κ1) is 12.4.